The van der Waals surface area contributed by atoms with Crippen molar-refractivity contribution < 1.29 is 14.4 Å². The number of amides is 1. The second kappa shape index (κ2) is 12.6. The summed E-state index contributed by atoms with van der Waals surface area (Å²) in [6.07, 6.45) is 4.54. The Morgan fingerprint density at radius 2 is 1.72 bits per heavy atom. The van der Waals surface area contributed by atoms with Gasteiger partial charge in [-0.05, 0) is 47.2 Å². The van der Waals surface area contributed by atoms with E-state index in [-0.39, 0.29) is 12.5 Å². The third-order valence-corrected chi connectivity index (χ3v) is 6.00. The zero-order valence-electron chi connectivity index (χ0n) is 20.9. The molecule has 0 saturated carbocycles. The molecule has 4 rings (SSSR count). The number of nitrogens with one attached hydrogen (secondary N) is 1. The Morgan fingerprint density at radius 3 is 2.53 bits per heavy atom. The molecular formula is C30H33N3O3. The minimum absolute atomic E-state index is 0.0561. The molecule has 6 nitrogen and oxygen atoms in total. The van der Waals surface area contributed by atoms with Crippen LogP contribution in [0.25, 0.3) is 10.8 Å². The monoisotopic (exact) mass is 483 g/mol. The van der Waals surface area contributed by atoms with E-state index in [0.29, 0.717) is 19.0 Å². The number of carbonyl (C=O) groups is 1. The van der Waals surface area contributed by atoms with Crippen molar-refractivity contribution in [3.05, 3.63) is 102 Å². The van der Waals surface area contributed by atoms with Crippen molar-refractivity contribution in [1.29, 1.82) is 0 Å². The number of oxime groups is 1. The number of ether oxygens (including phenoxy) is 1. The second-order valence-corrected chi connectivity index (χ2v) is 8.74. The molecular weight excluding hydrogens is 450 g/mol. The molecule has 0 aliphatic rings. The molecule has 0 fully saturated rings. The number of carbonyl (C=O) groups excluding carboxylic acids is 1. The van der Waals surface area contributed by atoms with E-state index < -0.39 is 0 Å². The van der Waals surface area contributed by atoms with E-state index >= 15 is 0 Å². The normalized spacial score (nSPS) is 11.4. The number of rotatable bonds is 12. The Labute approximate surface area is 212 Å². The van der Waals surface area contributed by atoms with Gasteiger partial charge in [0, 0.05) is 31.4 Å². The fourth-order valence-electron chi connectivity index (χ4n) is 4.02. The highest BCUT2D eigenvalue weighted by molar-refractivity contribution is 6.00. The lowest BCUT2D eigenvalue weighted by Crippen LogP contribution is -2.28. The maximum absolute atomic E-state index is 12.4. The van der Waals surface area contributed by atoms with Crippen molar-refractivity contribution >= 4 is 22.4 Å². The molecule has 3 aromatic carbocycles. The van der Waals surface area contributed by atoms with Crippen molar-refractivity contribution in [3.63, 3.8) is 0 Å². The molecule has 1 heterocycles. The van der Waals surface area contributed by atoms with Gasteiger partial charge < -0.3 is 19.5 Å². The predicted octanol–water partition coefficient (Wildman–Crippen LogP) is 5.64. The maximum atomic E-state index is 12.4. The number of benzene rings is 3. The Kier molecular flexibility index (Phi) is 8.76. The van der Waals surface area contributed by atoms with Crippen LogP contribution >= 0.6 is 0 Å². The largest absolute Gasteiger partial charge is 0.469 e. The van der Waals surface area contributed by atoms with E-state index in [9.17, 15) is 4.79 Å². The van der Waals surface area contributed by atoms with E-state index in [1.807, 2.05) is 67.2 Å². The number of fused-ring (bicyclic) bond motifs is 1. The molecule has 1 amide bonds. The standard InChI is InChI=1S/C30H33N3O3/c1-3-28(32-36-17-9-12-23-10-5-4-6-11-23)27-19-30(33(2)21-27)35-22-29(34)31-20-24-15-16-25-13-7-8-14-26(25)18-24/h4-8,10-11,13-16,18-19,21H,3,9,12,17,20,22H2,1-2H3,(H,31,34)/b32-28-. The van der Waals surface area contributed by atoms with Gasteiger partial charge in [0.2, 0.25) is 0 Å². The zero-order valence-corrected chi connectivity index (χ0v) is 20.9. The number of hydrogen-bond acceptors (Lipinski definition) is 4. The summed E-state index contributed by atoms with van der Waals surface area (Å²) in [7, 11) is 1.89. The lowest BCUT2D eigenvalue weighted by molar-refractivity contribution is -0.123. The van der Waals surface area contributed by atoms with Crippen LogP contribution in [0.15, 0.2) is 90.2 Å². The third kappa shape index (κ3) is 6.98. The van der Waals surface area contributed by atoms with Crippen LogP contribution in [0.4, 0.5) is 0 Å². The summed E-state index contributed by atoms with van der Waals surface area (Å²) >= 11 is 0. The molecule has 0 spiro atoms. The Morgan fingerprint density at radius 1 is 0.944 bits per heavy atom. The summed E-state index contributed by atoms with van der Waals surface area (Å²) < 4.78 is 7.63. The topological polar surface area (TPSA) is 64.8 Å². The zero-order chi connectivity index (χ0) is 25.2. The smallest absolute Gasteiger partial charge is 0.258 e. The van der Waals surface area contributed by atoms with Gasteiger partial charge in [-0.1, -0.05) is 78.8 Å². The Balaban J connectivity index is 1.24. The van der Waals surface area contributed by atoms with Gasteiger partial charge in [-0.25, -0.2) is 0 Å². The highest BCUT2D eigenvalue weighted by Gasteiger charge is 2.11. The van der Waals surface area contributed by atoms with Gasteiger partial charge in [0.25, 0.3) is 5.91 Å². The maximum Gasteiger partial charge on any atom is 0.258 e. The van der Waals surface area contributed by atoms with E-state index in [0.717, 1.165) is 41.5 Å². The average molecular weight is 484 g/mol. The van der Waals surface area contributed by atoms with E-state index in [1.54, 1.807) is 0 Å². The molecule has 0 atom stereocenters. The first-order valence-electron chi connectivity index (χ1n) is 12.4. The molecule has 0 saturated heterocycles. The molecule has 36 heavy (non-hydrogen) atoms. The minimum Gasteiger partial charge on any atom is -0.469 e. The number of aromatic nitrogens is 1. The van der Waals surface area contributed by atoms with Crippen LogP contribution in [-0.4, -0.2) is 29.4 Å². The molecule has 186 valence electrons. The summed E-state index contributed by atoms with van der Waals surface area (Å²) in [6, 6.07) is 26.6. The SMILES string of the molecule is CC/C(=N/OCCCc1ccccc1)c1cc(OCC(=O)NCc2ccc3ccccc3c2)n(C)c1. The average Bonchev–Trinajstić information content (AvgIpc) is 3.28. The first kappa shape index (κ1) is 25.0. The van der Waals surface area contributed by atoms with Crippen LogP contribution in [0, 0.1) is 0 Å². The highest BCUT2D eigenvalue weighted by Crippen LogP contribution is 2.18. The molecule has 1 aromatic heterocycles. The molecule has 0 unspecified atom stereocenters. The molecule has 4 aromatic rings. The summed E-state index contributed by atoms with van der Waals surface area (Å²) in [5, 5.41) is 9.62. The first-order valence-corrected chi connectivity index (χ1v) is 12.4. The van der Waals surface area contributed by atoms with Gasteiger partial charge in [0.05, 0.1) is 5.71 Å². The number of hydrogen-bond donors (Lipinski definition) is 1. The van der Waals surface area contributed by atoms with Gasteiger partial charge in [-0.15, -0.1) is 0 Å². The lowest BCUT2D eigenvalue weighted by Gasteiger charge is -2.08. The molecule has 0 radical (unpaired) electrons. The first-order chi connectivity index (χ1) is 17.6. The van der Waals surface area contributed by atoms with Crippen molar-refractivity contribution in [3.8, 4) is 5.88 Å². The third-order valence-electron chi connectivity index (χ3n) is 6.00. The van der Waals surface area contributed by atoms with E-state index in [1.165, 1.54) is 10.9 Å². The van der Waals surface area contributed by atoms with Crippen LogP contribution in [0.3, 0.4) is 0 Å². The van der Waals surface area contributed by atoms with Gasteiger partial charge in [0.1, 0.15) is 6.61 Å². The van der Waals surface area contributed by atoms with Crippen LogP contribution in [-0.2, 0) is 29.6 Å². The fourth-order valence-corrected chi connectivity index (χ4v) is 4.02. The van der Waals surface area contributed by atoms with E-state index in [2.05, 4.69) is 46.9 Å². The molecule has 0 aliphatic heterocycles. The highest BCUT2D eigenvalue weighted by atomic mass is 16.6. The fraction of sp³-hybridized carbons (Fsp3) is 0.267. The molecule has 0 aliphatic carbocycles. The number of nitrogens with zero attached hydrogens (tertiary/aromatic N) is 2. The molecule has 0 bridgehead atoms. The van der Waals surface area contributed by atoms with Gasteiger partial charge in [-0.2, -0.15) is 0 Å². The Bertz CT molecular complexity index is 1310. The van der Waals surface area contributed by atoms with Crippen molar-refractivity contribution in [1.82, 2.24) is 9.88 Å². The number of aryl methyl sites for hydroxylation is 2. The summed E-state index contributed by atoms with van der Waals surface area (Å²) in [5.41, 5.74) is 4.12. The van der Waals surface area contributed by atoms with Crippen molar-refractivity contribution in [2.45, 2.75) is 32.7 Å². The Hall–Kier alpha value is -4.06. The van der Waals surface area contributed by atoms with Crippen LogP contribution in [0.2, 0.25) is 0 Å². The van der Waals surface area contributed by atoms with Crippen molar-refractivity contribution in [2.24, 2.45) is 12.2 Å². The summed E-state index contributed by atoms with van der Waals surface area (Å²) in [5.74, 6) is 0.438. The van der Waals surface area contributed by atoms with E-state index in [4.69, 9.17) is 9.57 Å². The van der Waals surface area contributed by atoms with Crippen LogP contribution < -0.4 is 10.1 Å². The minimum atomic E-state index is -0.169. The quantitative estimate of drug-likeness (QED) is 0.161. The van der Waals surface area contributed by atoms with Crippen LogP contribution in [0.1, 0.15) is 36.5 Å². The second-order valence-electron chi connectivity index (χ2n) is 8.74. The van der Waals surface area contributed by atoms with Crippen molar-refractivity contribution in [2.75, 3.05) is 13.2 Å². The van der Waals surface area contributed by atoms with Gasteiger partial charge >= 0.3 is 0 Å². The predicted molar refractivity (Wildman–Crippen MR) is 144 cm³/mol. The summed E-state index contributed by atoms with van der Waals surface area (Å²) in [4.78, 5) is 18.0. The molecule has 1 N–H and O–H groups in total. The van der Waals surface area contributed by atoms with Crippen LogP contribution in [0.5, 0.6) is 5.88 Å². The lowest BCUT2D eigenvalue weighted by atomic mass is 10.1. The van der Waals surface area contributed by atoms with Gasteiger partial charge in [0.15, 0.2) is 12.5 Å². The molecule has 6 heteroatoms. The van der Waals surface area contributed by atoms with Gasteiger partial charge in [-0.3, -0.25) is 4.79 Å². The summed E-state index contributed by atoms with van der Waals surface area (Å²) in [6.45, 7) is 3.00.